The SMILES string of the molecule is CC(C)OC(=O)c1ccc(-c2ccc(-c3cc(C(=O)O)c4c(ccc5ccccc54)n3)o2)cc1. The molecule has 0 atom stereocenters. The second-order valence-corrected chi connectivity index (χ2v) is 8.24. The number of carboxylic acids is 1. The molecule has 0 radical (unpaired) electrons. The minimum atomic E-state index is -1.03. The van der Waals surface area contributed by atoms with Gasteiger partial charge in [-0.05, 0) is 61.0 Å². The maximum absolute atomic E-state index is 12.1. The van der Waals surface area contributed by atoms with E-state index in [4.69, 9.17) is 14.1 Å². The molecule has 0 saturated carbocycles. The van der Waals surface area contributed by atoms with Gasteiger partial charge in [-0.15, -0.1) is 0 Å². The van der Waals surface area contributed by atoms with Crippen molar-refractivity contribution in [2.45, 2.75) is 20.0 Å². The number of carbonyl (C=O) groups is 2. The summed E-state index contributed by atoms with van der Waals surface area (Å²) >= 11 is 0. The highest BCUT2D eigenvalue weighted by Gasteiger charge is 2.18. The fourth-order valence-electron chi connectivity index (χ4n) is 3.99. The second kappa shape index (κ2) is 8.48. The number of fused-ring (bicyclic) bond motifs is 3. The summed E-state index contributed by atoms with van der Waals surface area (Å²) in [5.41, 5.74) is 2.42. The zero-order valence-electron chi connectivity index (χ0n) is 18.6. The molecule has 0 bridgehead atoms. The van der Waals surface area contributed by atoms with E-state index in [-0.39, 0.29) is 17.6 Å². The molecule has 6 heteroatoms. The Kier molecular flexibility index (Phi) is 5.34. The molecule has 0 fully saturated rings. The van der Waals surface area contributed by atoms with Crippen LogP contribution in [0.2, 0.25) is 0 Å². The Bertz CT molecular complexity index is 1550. The van der Waals surface area contributed by atoms with Gasteiger partial charge < -0.3 is 14.3 Å². The van der Waals surface area contributed by atoms with Gasteiger partial charge in [0.15, 0.2) is 5.76 Å². The van der Waals surface area contributed by atoms with Crippen LogP contribution >= 0.6 is 0 Å². The van der Waals surface area contributed by atoms with E-state index in [0.717, 1.165) is 16.3 Å². The van der Waals surface area contributed by atoms with Gasteiger partial charge in [0, 0.05) is 10.9 Å². The molecule has 0 spiro atoms. The van der Waals surface area contributed by atoms with Crippen LogP contribution in [-0.2, 0) is 4.74 Å². The van der Waals surface area contributed by atoms with Crippen LogP contribution in [0.3, 0.4) is 0 Å². The topological polar surface area (TPSA) is 89.6 Å². The highest BCUT2D eigenvalue weighted by atomic mass is 16.5. The van der Waals surface area contributed by atoms with Crippen molar-refractivity contribution in [1.82, 2.24) is 4.98 Å². The number of hydrogen-bond donors (Lipinski definition) is 1. The monoisotopic (exact) mass is 451 g/mol. The Hall–Kier alpha value is -4.45. The summed E-state index contributed by atoms with van der Waals surface area (Å²) in [4.78, 5) is 28.9. The van der Waals surface area contributed by atoms with Crippen molar-refractivity contribution >= 4 is 33.6 Å². The van der Waals surface area contributed by atoms with Crippen molar-refractivity contribution in [2.75, 3.05) is 0 Å². The molecule has 0 aliphatic carbocycles. The number of benzene rings is 3. The summed E-state index contributed by atoms with van der Waals surface area (Å²) in [5.74, 6) is -0.372. The van der Waals surface area contributed by atoms with Crippen molar-refractivity contribution in [2.24, 2.45) is 0 Å². The first kappa shape index (κ1) is 21.4. The highest BCUT2D eigenvalue weighted by Crippen LogP contribution is 2.33. The minimum absolute atomic E-state index is 0.169. The quantitative estimate of drug-likeness (QED) is 0.240. The van der Waals surface area contributed by atoms with E-state index in [1.165, 1.54) is 0 Å². The summed E-state index contributed by atoms with van der Waals surface area (Å²) in [5, 5.41) is 12.3. The van der Waals surface area contributed by atoms with Crippen LogP contribution in [0.15, 0.2) is 83.3 Å². The number of carbonyl (C=O) groups excluding carboxylic acids is 1. The Labute approximate surface area is 195 Å². The molecule has 1 N–H and O–H groups in total. The Morgan fingerprint density at radius 3 is 2.38 bits per heavy atom. The van der Waals surface area contributed by atoms with Gasteiger partial charge in [-0.1, -0.05) is 42.5 Å². The van der Waals surface area contributed by atoms with Gasteiger partial charge in [0.25, 0.3) is 0 Å². The largest absolute Gasteiger partial charge is 0.478 e. The van der Waals surface area contributed by atoms with Gasteiger partial charge in [0.05, 0.1) is 22.7 Å². The van der Waals surface area contributed by atoms with Crippen LogP contribution < -0.4 is 0 Å². The molecule has 2 heterocycles. The van der Waals surface area contributed by atoms with Crippen LogP contribution in [0.25, 0.3) is 44.5 Å². The molecular weight excluding hydrogens is 430 g/mol. The maximum Gasteiger partial charge on any atom is 0.338 e. The smallest absolute Gasteiger partial charge is 0.338 e. The first-order chi connectivity index (χ1) is 16.4. The van der Waals surface area contributed by atoms with E-state index in [9.17, 15) is 14.7 Å². The van der Waals surface area contributed by atoms with Gasteiger partial charge in [0.2, 0.25) is 0 Å². The van der Waals surface area contributed by atoms with Gasteiger partial charge in [-0.25, -0.2) is 14.6 Å². The van der Waals surface area contributed by atoms with E-state index >= 15 is 0 Å². The third-order valence-electron chi connectivity index (χ3n) is 5.54. The summed E-state index contributed by atoms with van der Waals surface area (Å²) in [7, 11) is 0. The number of rotatable bonds is 5. The molecular formula is C28H21NO5. The average molecular weight is 451 g/mol. The number of carboxylic acid groups (broad SMARTS) is 1. The minimum Gasteiger partial charge on any atom is -0.478 e. The van der Waals surface area contributed by atoms with Crippen molar-refractivity contribution in [3.8, 4) is 22.8 Å². The number of pyridine rings is 1. The van der Waals surface area contributed by atoms with Crippen molar-refractivity contribution < 1.29 is 23.8 Å². The Morgan fingerprint density at radius 1 is 0.912 bits per heavy atom. The molecule has 0 aliphatic heterocycles. The molecule has 6 nitrogen and oxygen atoms in total. The van der Waals surface area contributed by atoms with E-state index in [1.54, 1.807) is 56.3 Å². The number of ether oxygens (including phenoxy) is 1. The van der Waals surface area contributed by atoms with Gasteiger partial charge >= 0.3 is 11.9 Å². The lowest BCUT2D eigenvalue weighted by atomic mass is 10.00. The zero-order valence-corrected chi connectivity index (χ0v) is 18.6. The predicted molar refractivity (Wildman–Crippen MR) is 130 cm³/mol. The summed E-state index contributed by atoms with van der Waals surface area (Å²) in [6.45, 7) is 3.60. The van der Waals surface area contributed by atoms with Crippen LogP contribution in [0.1, 0.15) is 34.6 Å². The van der Waals surface area contributed by atoms with Gasteiger partial charge in [0.1, 0.15) is 11.5 Å². The summed E-state index contributed by atoms with van der Waals surface area (Å²) < 4.78 is 11.2. The predicted octanol–water partition coefficient (Wildman–Crippen LogP) is 6.58. The first-order valence-corrected chi connectivity index (χ1v) is 10.9. The van der Waals surface area contributed by atoms with Gasteiger partial charge in [-0.3, -0.25) is 0 Å². The number of aromatic nitrogens is 1. The number of furan rings is 1. The molecule has 34 heavy (non-hydrogen) atoms. The third-order valence-corrected chi connectivity index (χ3v) is 5.54. The van der Waals surface area contributed by atoms with E-state index in [0.29, 0.717) is 33.7 Å². The van der Waals surface area contributed by atoms with Crippen molar-refractivity contribution in [3.05, 3.63) is 90.0 Å². The van der Waals surface area contributed by atoms with E-state index in [1.807, 2.05) is 36.4 Å². The Balaban J connectivity index is 1.53. The summed E-state index contributed by atoms with van der Waals surface area (Å²) in [6, 6.07) is 23.4. The molecule has 0 unspecified atom stereocenters. The van der Waals surface area contributed by atoms with Crippen molar-refractivity contribution in [1.29, 1.82) is 0 Å². The fourth-order valence-corrected chi connectivity index (χ4v) is 3.99. The lowest BCUT2D eigenvalue weighted by molar-refractivity contribution is 0.0377. The lowest BCUT2D eigenvalue weighted by Crippen LogP contribution is -2.11. The van der Waals surface area contributed by atoms with Crippen LogP contribution in [0.5, 0.6) is 0 Å². The average Bonchev–Trinajstić information content (AvgIpc) is 3.33. The second-order valence-electron chi connectivity index (χ2n) is 8.24. The standard InChI is InChI=1S/C28H21NO5/c1-16(2)33-28(32)19-9-7-18(8-10-19)24-13-14-25(34-24)23-15-21(27(30)31)26-20-6-4-3-5-17(20)11-12-22(26)29-23/h3-16H,1-2H3,(H,30,31). The molecule has 3 aromatic carbocycles. The molecule has 5 rings (SSSR count). The number of aromatic carboxylic acids is 1. The highest BCUT2D eigenvalue weighted by molar-refractivity contribution is 6.15. The van der Waals surface area contributed by atoms with E-state index < -0.39 is 5.97 Å². The molecule has 2 aromatic heterocycles. The number of esters is 1. The molecule has 168 valence electrons. The number of nitrogens with zero attached hydrogens (tertiary/aromatic N) is 1. The summed E-state index contributed by atoms with van der Waals surface area (Å²) in [6.07, 6.45) is -0.192. The van der Waals surface area contributed by atoms with Crippen LogP contribution in [0, 0.1) is 0 Å². The lowest BCUT2D eigenvalue weighted by Gasteiger charge is -2.09. The molecule has 0 saturated heterocycles. The third kappa shape index (κ3) is 3.90. The zero-order chi connectivity index (χ0) is 23.8. The maximum atomic E-state index is 12.1. The van der Waals surface area contributed by atoms with Gasteiger partial charge in [-0.2, -0.15) is 0 Å². The Morgan fingerprint density at radius 2 is 1.65 bits per heavy atom. The fraction of sp³-hybridized carbons (Fsp3) is 0.107. The molecule has 0 amide bonds. The first-order valence-electron chi connectivity index (χ1n) is 10.9. The van der Waals surface area contributed by atoms with Crippen molar-refractivity contribution in [3.63, 3.8) is 0 Å². The van der Waals surface area contributed by atoms with Crippen LogP contribution in [-0.4, -0.2) is 28.1 Å². The van der Waals surface area contributed by atoms with E-state index in [2.05, 4.69) is 0 Å². The molecule has 5 aromatic rings. The molecule has 0 aliphatic rings. The van der Waals surface area contributed by atoms with Crippen LogP contribution in [0.4, 0.5) is 0 Å². The normalized spacial score (nSPS) is 11.3. The number of hydrogen-bond acceptors (Lipinski definition) is 5.